The summed E-state index contributed by atoms with van der Waals surface area (Å²) >= 11 is 3.44. The fourth-order valence-corrected chi connectivity index (χ4v) is 3.27. The van der Waals surface area contributed by atoms with E-state index in [1.165, 1.54) is 6.42 Å². The van der Waals surface area contributed by atoms with Crippen molar-refractivity contribution in [2.24, 2.45) is 0 Å². The molecular formula is C5H9BrOS. The van der Waals surface area contributed by atoms with Crippen molar-refractivity contribution in [3.05, 3.63) is 0 Å². The van der Waals surface area contributed by atoms with Gasteiger partial charge in [-0.05, 0) is 12.8 Å². The summed E-state index contributed by atoms with van der Waals surface area (Å²) in [4.78, 5) is 0.525. The van der Waals surface area contributed by atoms with Gasteiger partial charge in [0.1, 0.15) is 0 Å². The lowest BCUT2D eigenvalue weighted by Gasteiger charge is -2.14. The zero-order chi connectivity index (χ0) is 5.98. The van der Waals surface area contributed by atoms with Crippen LogP contribution in [0.25, 0.3) is 0 Å². The van der Waals surface area contributed by atoms with Crippen molar-refractivity contribution in [2.75, 3.05) is 11.5 Å². The molecule has 48 valence electrons. The SMILES string of the molecule is O=[S@@]1CCC[C@@H](Br)C1. The highest BCUT2D eigenvalue weighted by Crippen LogP contribution is 2.15. The molecule has 2 atom stereocenters. The number of hydrogen-bond acceptors (Lipinski definition) is 1. The molecule has 8 heavy (non-hydrogen) atoms. The van der Waals surface area contributed by atoms with Gasteiger partial charge < -0.3 is 0 Å². The Morgan fingerprint density at radius 2 is 2.38 bits per heavy atom. The molecule has 0 aromatic carbocycles. The topological polar surface area (TPSA) is 17.1 Å². The van der Waals surface area contributed by atoms with Crippen LogP contribution in [0.1, 0.15) is 12.8 Å². The molecule has 0 unspecified atom stereocenters. The Kier molecular flexibility index (Phi) is 2.50. The summed E-state index contributed by atoms with van der Waals surface area (Å²) in [6.45, 7) is 0. The Labute approximate surface area is 60.4 Å². The second-order valence-electron chi connectivity index (χ2n) is 2.05. The van der Waals surface area contributed by atoms with Crippen LogP contribution in [-0.4, -0.2) is 20.5 Å². The number of alkyl halides is 1. The summed E-state index contributed by atoms with van der Waals surface area (Å²) in [6.07, 6.45) is 2.33. The fourth-order valence-electron chi connectivity index (χ4n) is 0.834. The maximum absolute atomic E-state index is 10.8. The first-order chi connectivity index (χ1) is 3.79. The molecule has 1 aliphatic rings. The van der Waals surface area contributed by atoms with Gasteiger partial charge in [0.2, 0.25) is 0 Å². The predicted molar refractivity (Wildman–Crippen MR) is 39.8 cm³/mol. The van der Waals surface area contributed by atoms with E-state index in [0.717, 1.165) is 17.9 Å². The zero-order valence-corrected chi connectivity index (χ0v) is 7.00. The first-order valence-corrected chi connectivity index (χ1v) is 5.18. The quantitative estimate of drug-likeness (QED) is 0.535. The van der Waals surface area contributed by atoms with E-state index in [2.05, 4.69) is 15.9 Å². The Morgan fingerprint density at radius 3 is 2.75 bits per heavy atom. The van der Waals surface area contributed by atoms with E-state index in [0.29, 0.717) is 4.83 Å². The lowest BCUT2D eigenvalue weighted by atomic mass is 10.3. The Hall–Kier alpha value is 0.630. The molecule has 1 nitrogen and oxygen atoms in total. The van der Waals surface area contributed by atoms with Gasteiger partial charge >= 0.3 is 0 Å². The molecule has 1 heterocycles. The highest BCUT2D eigenvalue weighted by atomic mass is 79.9. The number of hydrogen-bond donors (Lipinski definition) is 0. The van der Waals surface area contributed by atoms with Crippen molar-refractivity contribution >= 4 is 26.7 Å². The van der Waals surface area contributed by atoms with Crippen LogP contribution in [0.3, 0.4) is 0 Å². The molecule has 0 bridgehead atoms. The molecule has 0 aromatic rings. The molecule has 1 saturated heterocycles. The molecule has 0 spiro atoms. The second-order valence-corrected chi connectivity index (χ2v) is 4.97. The predicted octanol–water partition coefficient (Wildman–Crippen LogP) is 1.29. The second kappa shape index (κ2) is 2.97. The van der Waals surface area contributed by atoms with Crippen LogP contribution in [0.15, 0.2) is 0 Å². The molecular weight excluding hydrogens is 188 g/mol. The normalized spacial score (nSPS) is 39.6. The summed E-state index contributed by atoms with van der Waals surface area (Å²) in [5.41, 5.74) is 0. The van der Waals surface area contributed by atoms with Crippen LogP contribution >= 0.6 is 15.9 Å². The third-order valence-corrected chi connectivity index (χ3v) is 3.98. The summed E-state index contributed by atoms with van der Waals surface area (Å²) in [5, 5.41) is 0. The molecule has 0 aliphatic carbocycles. The van der Waals surface area contributed by atoms with E-state index in [1.54, 1.807) is 0 Å². The van der Waals surface area contributed by atoms with Crippen molar-refractivity contribution < 1.29 is 4.21 Å². The van der Waals surface area contributed by atoms with Crippen molar-refractivity contribution in [1.82, 2.24) is 0 Å². The third kappa shape index (κ3) is 1.86. The van der Waals surface area contributed by atoms with Gasteiger partial charge in [-0.15, -0.1) is 0 Å². The largest absolute Gasteiger partial charge is 0.260 e. The Bertz CT molecular complexity index is 105. The van der Waals surface area contributed by atoms with E-state index in [1.807, 2.05) is 0 Å². The minimum atomic E-state index is -0.517. The van der Waals surface area contributed by atoms with Crippen molar-refractivity contribution in [3.8, 4) is 0 Å². The summed E-state index contributed by atoms with van der Waals surface area (Å²) in [6, 6.07) is 0. The van der Waals surface area contributed by atoms with Crippen LogP contribution < -0.4 is 0 Å². The van der Waals surface area contributed by atoms with Crippen LogP contribution in [0.4, 0.5) is 0 Å². The summed E-state index contributed by atoms with van der Waals surface area (Å²) in [7, 11) is -0.517. The molecule has 3 heteroatoms. The molecule has 1 aliphatic heterocycles. The van der Waals surface area contributed by atoms with Crippen molar-refractivity contribution in [2.45, 2.75) is 17.7 Å². The smallest absolute Gasteiger partial charge is 0.0360 e. The average molecular weight is 197 g/mol. The number of halogens is 1. The molecule has 0 amide bonds. The van der Waals surface area contributed by atoms with Gasteiger partial charge in [-0.3, -0.25) is 4.21 Å². The van der Waals surface area contributed by atoms with Gasteiger partial charge in [0, 0.05) is 27.1 Å². The molecule has 0 radical (unpaired) electrons. The molecule has 0 saturated carbocycles. The van der Waals surface area contributed by atoms with E-state index < -0.39 is 10.8 Å². The standard InChI is InChI=1S/C5H9BrOS/c6-5-2-1-3-8(7)4-5/h5H,1-4H2/t5-,8-/m1/s1. The molecule has 0 aromatic heterocycles. The minimum Gasteiger partial charge on any atom is -0.260 e. The van der Waals surface area contributed by atoms with E-state index in [4.69, 9.17) is 0 Å². The van der Waals surface area contributed by atoms with Gasteiger partial charge in [0.25, 0.3) is 0 Å². The Morgan fingerprint density at radius 1 is 1.62 bits per heavy atom. The van der Waals surface area contributed by atoms with Crippen LogP contribution in [-0.2, 0) is 10.8 Å². The van der Waals surface area contributed by atoms with Crippen LogP contribution in [0.5, 0.6) is 0 Å². The van der Waals surface area contributed by atoms with Gasteiger partial charge in [0.05, 0.1) is 0 Å². The maximum Gasteiger partial charge on any atom is 0.0360 e. The van der Waals surface area contributed by atoms with Crippen LogP contribution in [0, 0.1) is 0 Å². The molecule has 0 N–H and O–H groups in total. The highest BCUT2D eigenvalue weighted by molar-refractivity contribution is 9.09. The Balaban J connectivity index is 2.34. The fraction of sp³-hybridized carbons (Fsp3) is 1.00. The maximum atomic E-state index is 10.8. The van der Waals surface area contributed by atoms with Gasteiger partial charge in [-0.2, -0.15) is 0 Å². The van der Waals surface area contributed by atoms with Gasteiger partial charge in [-0.25, -0.2) is 0 Å². The molecule has 1 rings (SSSR count). The van der Waals surface area contributed by atoms with Gasteiger partial charge in [-0.1, -0.05) is 15.9 Å². The van der Waals surface area contributed by atoms with Crippen molar-refractivity contribution in [3.63, 3.8) is 0 Å². The number of rotatable bonds is 0. The lowest BCUT2D eigenvalue weighted by molar-refractivity contribution is 0.663. The van der Waals surface area contributed by atoms with E-state index in [9.17, 15) is 4.21 Å². The highest BCUT2D eigenvalue weighted by Gasteiger charge is 2.14. The molecule has 1 fully saturated rings. The first kappa shape index (κ1) is 6.75. The summed E-state index contributed by atoms with van der Waals surface area (Å²) in [5.74, 6) is 1.78. The minimum absolute atomic E-state index is 0.517. The van der Waals surface area contributed by atoms with Crippen molar-refractivity contribution in [1.29, 1.82) is 0 Å². The summed E-state index contributed by atoms with van der Waals surface area (Å²) < 4.78 is 10.8. The average Bonchev–Trinajstić information content (AvgIpc) is 1.64. The first-order valence-electron chi connectivity index (χ1n) is 2.78. The lowest BCUT2D eigenvalue weighted by Crippen LogP contribution is -2.19. The van der Waals surface area contributed by atoms with Gasteiger partial charge in [0.15, 0.2) is 0 Å². The zero-order valence-electron chi connectivity index (χ0n) is 4.60. The third-order valence-electron chi connectivity index (χ3n) is 1.26. The van der Waals surface area contributed by atoms with E-state index in [-0.39, 0.29) is 0 Å². The monoisotopic (exact) mass is 196 g/mol. The van der Waals surface area contributed by atoms with Crippen LogP contribution in [0.2, 0.25) is 0 Å². The van der Waals surface area contributed by atoms with E-state index >= 15 is 0 Å².